The number of hydrogen-bond acceptors (Lipinski definition) is 6. The molecule has 3 rings (SSSR count). The number of thiophene rings is 1. The lowest BCUT2D eigenvalue weighted by Gasteiger charge is -2.36. The Morgan fingerprint density at radius 1 is 1.07 bits per heavy atom. The molecule has 0 aliphatic carbocycles. The third-order valence-corrected chi connectivity index (χ3v) is 7.82. The van der Waals surface area contributed by atoms with Crippen LogP contribution in [-0.4, -0.2) is 73.6 Å². The fraction of sp³-hybridized carbons (Fsp3) is 0.647. The van der Waals surface area contributed by atoms with Gasteiger partial charge in [-0.05, 0) is 24.3 Å². The molecule has 2 aliphatic rings. The summed E-state index contributed by atoms with van der Waals surface area (Å²) in [4.78, 5) is 14.2. The first-order valence-electron chi connectivity index (χ1n) is 9.26. The molecule has 0 unspecified atom stereocenters. The Morgan fingerprint density at radius 2 is 1.70 bits per heavy atom. The van der Waals surface area contributed by atoms with Gasteiger partial charge >= 0.3 is 0 Å². The summed E-state index contributed by atoms with van der Waals surface area (Å²) in [5, 5.41) is 14.1. The quantitative estimate of drug-likeness (QED) is 0.788. The molecule has 0 radical (unpaired) electrons. The zero-order valence-corrected chi connectivity index (χ0v) is 16.9. The molecule has 2 saturated heterocycles. The lowest BCUT2D eigenvalue weighted by molar-refractivity contribution is -0.117. The molecule has 0 atom stereocenters. The van der Waals surface area contributed by atoms with E-state index in [0.29, 0.717) is 49.8 Å². The second-order valence-corrected chi connectivity index (χ2v) is 9.66. The molecule has 3 heterocycles. The van der Waals surface area contributed by atoms with Gasteiger partial charge in [0.15, 0.2) is 0 Å². The fourth-order valence-corrected chi connectivity index (χ4v) is 5.84. The zero-order valence-electron chi connectivity index (χ0n) is 15.3. The van der Waals surface area contributed by atoms with Gasteiger partial charge in [0.1, 0.15) is 11.1 Å². The van der Waals surface area contributed by atoms with Gasteiger partial charge in [0.05, 0.1) is 12.1 Å². The van der Waals surface area contributed by atoms with Gasteiger partial charge in [-0.2, -0.15) is 22.3 Å². The number of hydrogen-bond donors (Lipinski definition) is 1. The van der Waals surface area contributed by atoms with Crippen LogP contribution >= 0.6 is 11.3 Å². The van der Waals surface area contributed by atoms with E-state index in [9.17, 15) is 13.2 Å². The van der Waals surface area contributed by atoms with E-state index < -0.39 is 10.2 Å². The number of carbonyl (C=O) groups excluding carboxylic acids is 1. The van der Waals surface area contributed by atoms with E-state index in [4.69, 9.17) is 5.26 Å². The maximum atomic E-state index is 12.8. The monoisotopic (exact) mass is 411 g/mol. The highest BCUT2D eigenvalue weighted by Gasteiger charge is 2.32. The predicted octanol–water partition coefficient (Wildman–Crippen LogP) is 1.30. The molecular formula is C17H25N5O3S2. The largest absolute Gasteiger partial charge is 0.315 e. The number of nitriles is 1. The second-order valence-electron chi connectivity index (χ2n) is 6.82. The Bertz CT molecular complexity index is 786. The number of amides is 1. The van der Waals surface area contributed by atoms with E-state index >= 15 is 0 Å². The van der Waals surface area contributed by atoms with Gasteiger partial charge in [0.25, 0.3) is 10.2 Å². The minimum atomic E-state index is -3.41. The summed E-state index contributed by atoms with van der Waals surface area (Å²) in [6.45, 7) is 3.25. The van der Waals surface area contributed by atoms with Crippen LogP contribution in [-0.2, 0) is 15.0 Å². The first kappa shape index (κ1) is 20.2. The Labute approximate surface area is 164 Å². The molecule has 10 heteroatoms. The van der Waals surface area contributed by atoms with E-state index in [0.717, 1.165) is 25.7 Å². The molecule has 1 aromatic heterocycles. The van der Waals surface area contributed by atoms with Crippen molar-refractivity contribution in [1.29, 1.82) is 5.26 Å². The first-order valence-corrected chi connectivity index (χ1v) is 11.5. The van der Waals surface area contributed by atoms with Crippen LogP contribution in [0.25, 0.3) is 0 Å². The second kappa shape index (κ2) is 9.12. The third kappa shape index (κ3) is 5.06. The van der Waals surface area contributed by atoms with Crippen molar-refractivity contribution >= 4 is 32.5 Å². The minimum absolute atomic E-state index is 0.183. The highest BCUT2D eigenvalue weighted by atomic mass is 32.2. The van der Waals surface area contributed by atoms with Crippen LogP contribution in [0.3, 0.4) is 0 Å². The SMILES string of the molecule is N#Cc1ccsc1NC(=O)CN1CCN(S(=O)(=O)N2CCCCCC2)CC1. The van der Waals surface area contributed by atoms with E-state index in [1.54, 1.807) is 20.1 Å². The number of carbonyl (C=O) groups is 1. The van der Waals surface area contributed by atoms with Gasteiger partial charge in [0, 0.05) is 39.3 Å². The molecule has 8 nitrogen and oxygen atoms in total. The number of piperazine rings is 1. The summed E-state index contributed by atoms with van der Waals surface area (Å²) in [7, 11) is -3.41. The summed E-state index contributed by atoms with van der Waals surface area (Å²) in [6.07, 6.45) is 4.03. The van der Waals surface area contributed by atoms with E-state index in [2.05, 4.69) is 5.32 Å². The van der Waals surface area contributed by atoms with Crippen molar-refractivity contribution in [2.75, 3.05) is 51.1 Å². The lowest BCUT2D eigenvalue weighted by Crippen LogP contribution is -2.54. The van der Waals surface area contributed by atoms with Gasteiger partial charge in [-0.25, -0.2) is 0 Å². The summed E-state index contributed by atoms with van der Waals surface area (Å²) in [6, 6.07) is 3.72. The van der Waals surface area contributed by atoms with Crippen molar-refractivity contribution in [2.45, 2.75) is 25.7 Å². The molecule has 0 bridgehead atoms. The molecule has 1 N–H and O–H groups in total. The van der Waals surface area contributed by atoms with Crippen LogP contribution < -0.4 is 5.32 Å². The number of nitrogens with one attached hydrogen (secondary N) is 1. The van der Waals surface area contributed by atoms with Gasteiger partial charge in [-0.15, -0.1) is 11.3 Å². The van der Waals surface area contributed by atoms with Crippen LogP contribution in [0.1, 0.15) is 31.2 Å². The molecule has 148 valence electrons. The van der Waals surface area contributed by atoms with Crippen molar-refractivity contribution in [1.82, 2.24) is 13.5 Å². The molecule has 1 amide bonds. The Balaban J connectivity index is 1.49. The lowest BCUT2D eigenvalue weighted by atomic mass is 10.2. The van der Waals surface area contributed by atoms with E-state index in [-0.39, 0.29) is 12.5 Å². The molecular weight excluding hydrogens is 386 g/mol. The van der Waals surface area contributed by atoms with E-state index in [1.165, 1.54) is 11.3 Å². The average molecular weight is 412 g/mol. The third-order valence-electron chi connectivity index (χ3n) is 4.95. The van der Waals surface area contributed by atoms with Gasteiger partial charge in [-0.3, -0.25) is 9.69 Å². The topological polar surface area (TPSA) is 96.7 Å². The van der Waals surface area contributed by atoms with Crippen LogP contribution in [0.15, 0.2) is 11.4 Å². The summed E-state index contributed by atoms with van der Waals surface area (Å²) in [5.74, 6) is -0.183. The molecule has 1 aromatic rings. The maximum Gasteiger partial charge on any atom is 0.282 e. The van der Waals surface area contributed by atoms with Crippen molar-refractivity contribution < 1.29 is 13.2 Å². The highest BCUT2D eigenvalue weighted by molar-refractivity contribution is 7.86. The van der Waals surface area contributed by atoms with Gasteiger partial charge < -0.3 is 5.32 Å². The Morgan fingerprint density at radius 3 is 2.33 bits per heavy atom. The Hall–Kier alpha value is -1.51. The molecule has 2 fully saturated rings. The summed E-state index contributed by atoms with van der Waals surface area (Å²) < 4.78 is 28.8. The number of nitrogens with zero attached hydrogens (tertiary/aromatic N) is 4. The molecule has 27 heavy (non-hydrogen) atoms. The minimum Gasteiger partial charge on any atom is -0.315 e. The number of anilines is 1. The average Bonchev–Trinajstić information content (AvgIpc) is 2.91. The first-order chi connectivity index (χ1) is 13.0. The van der Waals surface area contributed by atoms with Crippen molar-refractivity contribution in [3.63, 3.8) is 0 Å². The molecule has 2 aliphatic heterocycles. The van der Waals surface area contributed by atoms with Crippen LogP contribution in [0.4, 0.5) is 5.00 Å². The van der Waals surface area contributed by atoms with Crippen LogP contribution in [0.5, 0.6) is 0 Å². The van der Waals surface area contributed by atoms with Crippen molar-refractivity contribution in [3.05, 3.63) is 17.0 Å². The molecule has 0 spiro atoms. The molecule has 0 saturated carbocycles. The van der Waals surface area contributed by atoms with E-state index in [1.807, 2.05) is 11.0 Å². The van der Waals surface area contributed by atoms with Gasteiger partial charge in [0.2, 0.25) is 5.91 Å². The summed E-state index contributed by atoms with van der Waals surface area (Å²) >= 11 is 1.32. The van der Waals surface area contributed by atoms with Crippen molar-refractivity contribution in [3.8, 4) is 6.07 Å². The normalized spacial score (nSPS) is 20.7. The van der Waals surface area contributed by atoms with Crippen LogP contribution in [0, 0.1) is 11.3 Å². The summed E-state index contributed by atoms with van der Waals surface area (Å²) in [5.41, 5.74) is 0.460. The van der Waals surface area contributed by atoms with Crippen molar-refractivity contribution in [2.24, 2.45) is 0 Å². The zero-order chi connectivity index (χ0) is 19.3. The Kier molecular flexibility index (Phi) is 6.83. The smallest absolute Gasteiger partial charge is 0.282 e. The fourth-order valence-electron chi connectivity index (χ4n) is 3.42. The highest BCUT2D eigenvalue weighted by Crippen LogP contribution is 2.22. The number of rotatable bonds is 5. The standard InChI is InChI=1S/C17H25N5O3S2/c18-13-15-5-12-26-17(15)19-16(23)14-20-8-10-22(11-9-20)27(24,25)21-6-3-1-2-4-7-21/h5,12H,1-4,6-11,14H2,(H,19,23). The predicted molar refractivity (Wildman–Crippen MR) is 105 cm³/mol. The van der Waals surface area contributed by atoms with Crippen LogP contribution in [0.2, 0.25) is 0 Å². The maximum absolute atomic E-state index is 12.8. The van der Waals surface area contributed by atoms with Gasteiger partial charge in [-0.1, -0.05) is 12.8 Å². The molecule has 0 aromatic carbocycles.